The summed E-state index contributed by atoms with van der Waals surface area (Å²) in [4.78, 5) is 51.2. The van der Waals surface area contributed by atoms with E-state index in [1.165, 1.54) is 0 Å². The number of carboxylic acids is 2. The first-order valence-corrected chi connectivity index (χ1v) is 11.4. The Balaban J connectivity index is 0.000000520. The predicted molar refractivity (Wildman–Crippen MR) is 116 cm³/mol. The Bertz CT molecular complexity index is 841. The number of ether oxygens (including phenoxy) is 1. The number of amides is 2. The second kappa shape index (κ2) is 12.3. The highest BCUT2D eigenvalue weighted by Gasteiger charge is 2.55. The van der Waals surface area contributed by atoms with Crippen molar-refractivity contribution in [2.75, 3.05) is 19.0 Å². The topological polar surface area (TPSA) is 166 Å². The Morgan fingerprint density at radius 1 is 1.28 bits per heavy atom. The van der Waals surface area contributed by atoms with E-state index in [4.69, 9.17) is 5.11 Å². The smallest absolute Gasteiger partial charge is 0.407 e. The third-order valence-electron chi connectivity index (χ3n) is 4.27. The number of pyridine rings is 1. The lowest BCUT2D eigenvalue weighted by Crippen LogP contribution is -2.57. The van der Waals surface area contributed by atoms with Crippen LogP contribution in [0.15, 0.2) is 40.5 Å². The van der Waals surface area contributed by atoms with E-state index in [2.05, 4.69) is 15.0 Å². The van der Waals surface area contributed by atoms with Crippen molar-refractivity contribution in [2.24, 2.45) is 5.92 Å². The minimum atomic E-state index is -1.29. The molecule has 3 rings (SSSR count). The Morgan fingerprint density at radius 3 is 2.44 bits per heavy atom. The minimum absolute atomic E-state index is 0.0838. The number of hydrogen-bond acceptors (Lipinski definition) is 9. The van der Waals surface area contributed by atoms with Gasteiger partial charge in [0.2, 0.25) is 5.91 Å². The van der Waals surface area contributed by atoms with Crippen LogP contribution in [0.5, 0.6) is 0 Å². The van der Waals surface area contributed by atoms with Gasteiger partial charge in [0.25, 0.3) is 0 Å². The van der Waals surface area contributed by atoms with Crippen LogP contribution in [0.2, 0.25) is 0 Å². The molecule has 1 aromatic rings. The van der Waals surface area contributed by atoms with Crippen LogP contribution < -0.4 is 5.32 Å². The molecule has 2 aliphatic heterocycles. The number of alkyl carbamates (subject to hydrolysis) is 1. The molecular weight excluding hydrogens is 462 g/mol. The molecule has 3 atom stereocenters. The van der Waals surface area contributed by atoms with Crippen LogP contribution in [-0.2, 0) is 19.1 Å². The van der Waals surface area contributed by atoms with E-state index in [0.717, 1.165) is 28.4 Å². The number of carboxylic acid groups (broad SMARTS) is 2. The molecule has 0 radical (unpaired) electrons. The number of fused-ring (bicyclic) bond motifs is 1. The molecule has 13 heteroatoms. The zero-order valence-corrected chi connectivity index (χ0v) is 18.7. The van der Waals surface area contributed by atoms with Gasteiger partial charge in [-0.1, -0.05) is 17.8 Å². The third kappa shape index (κ3) is 6.37. The second-order valence-electron chi connectivity index (χ2n) is 6.37. The van der Waals surface area contributed by atoms with Gasteiger partial charge in [-0.05, 0) is 25.5 Å². The maximum absolute atomic E-state index is 12.1. The number of thioether (sulfide) groups is 2. The summed E-state index contributed by atoms with van der Waals surface area (Å²) in [6.45, 7) is 1.48. The average Bonchev–Trinajstić information content (AvgIpc) is 3.12. The van der Waals surface area contributed by atoms with E-state index in [0.29, 0.717) is 4.24 Å². The Labute approximate surface area is 192 Å². The Hall–Kier alpha value is -2.77. The summed E-state index contributed by atoms with van der Waals surface area (Å²) in [7, 11) is 0. The van der Waals surface area contributed by atoms with E-state index in [1.54, 1.807) is 19.3 Å². The van der Waals surface area contributed by atoms with Crippen molar-refractivity contribution in [1.82, 2.24) is 15.2 Å². The van der Waals surface area contributed by atoms with Gasteiger partial charge in [-0.25, -0.2) is 14.4 Å². The van der Waals surface area contributed by atoms with Gasteiger partial charge in [0, 0.05) is 24.8 Å². The molecule has 11 nitrogen and oxygen atoms in total. The Morgan fingerprint density at radius 2 is 1.97 bits per heavy atom. The van der Waals surface area contributed by atoms with E-state index >= 15 is 0 Å². The highest BCUT2D eigenvalue weighted by atomic mass is 32.2. The normalized spacial score (nSPS) is 19.8. The first kappa shape index (κ1) is 25.5. The fraction of sp³-hybridized carbons (Fsp3) is 0.421. The third-order valence-corrected chi connectivity index (χ3v) is 7.06. The predicted octanol–water partition coefficient (Wildman–Crippen LogP) is 1.17. The number of β-lactam (4-membered cyclic amide) rings is 1. The van der Waals surface area contributed by atoms with Crippen molar-refractivity contribution in [3.05, 3.63) is 40.5 Å². The lowest BCUT2D eigenvalue weighted by molar-refractivity contribution is -0.152. The van der Waals surface area contributed by atoms with E-state index in [1.807, 2.05) is 18.2 Å². The van der Waals surface area contributed by atoms with Crippen LogP contribution in [0.4, 0.5) is 4.79 Å². The molecule has 1 saturated heterocycles. The van der Waals surface area contributed by atoms with Crippen molar-refractivity contribution >= 4 is 47.5 Å². The largest absolute Gasteiger partial charge is 0.480 e. The summed E-state index contributed by atoms with van der Waals surface area (Å²) in [5.74, 6) is -3.55. The summed E-state index contributed by atoms with van der Waals surface area (Å²) >= 11 is 2.09. The molecule has 1 aromatic heterocycles. The molecule has 32 heavy (non-hydrogen) atoms. The highest BCUT2D eigenvalue weighted by Crippen LogP contribution is 2.53. The van der Waals surface area contributed by atoms with Gasteiger partial charge in [0.15, 0.2) is 5.70 Å². The van der Waals surface area contributed by atoms with Crippen molar-refractivity contribution in [2.45, 2.75) is 24.8 Å². The molecule has 0 aromatic carbocycles. The number of nitrogens with zero attached hydrogens (tertiary/aromatic N) is 2. The quantitative estimate of drug-likeness (QED) is 0.371. The maximum atomic E-state index is 12.1. The number of aliphatic hydroxyl groups is 1. The van der Waals surface area contributed by atoms with Crippen molar-refractivity contribution in [3.8, 4) is 0 Å². The molecule has 0 saturated carbocycles. The van der Waals surface area contributed by atoms with Crippen molar-refractivity contribution in [1.29, 1.82) is 0 Å². The van der Waals surface area contributed by atoms with Gasteiger partial charge < -0.3 is 25.4 Å². The number of carbonyl (C=O) groups is 4. The van der Waals surface area contributed by atoms with Gasteiger partial charge >= 0.3 is 18.0 Å². The number of carbonyl (C=O) groups excluding carboxylic acids is 2. The molecule has 0 spiro atoms. The monoisotopic (exact) mass is 485 g/mol. The van der Waals surface area contributed by atoms with Gasteiger partial charge in [-0.2, -0.15) is 0 Å². The number of aliphatic hydroxyl groups excluding tert-OH is 1. The molecule has 0 bridgehead atoms. The van der Waals surface area contributed by atoms with Crippen LogP contribution >= 0.6 is 23.5 Å². The van der Waals surface area contributed by atoms with E-state index in [-0.39, 0.29) is 37.0 Å². The molecular formula is C19H23N3O8S2. The first-order chi connectivity index (χ1) is 15.3. The minimum Gasteiger partial charge on any atom is -0.480 e. The first-order valence-electron chi connectivity index (χ1n) is 9.53. The lowest BCUT2D eigenvalue weighted by atomic mass is 9.94. The molecule has 2 amide bonds. The number of nitrogens with one attached hydrogen (secondary N) is 1. The van der Waals surface area contributed by atoms with E-state index < -0.39 is 35.4 Å². The molecule has 4 N–H and O–H groups in total. The number of aromatic nitrogens is 1. The SMILES string of the molecule is CCOC(=O)N[C@@H](CSC1=C(C(=O)O)N2C(=O)[C@H](CCO)[C@H]2S1)C(=O)O.c1ccncc1. The lowest BCUT2D eigenvalue weighted by Gasteiger charge is -2.41. The molecule has 2 aliphatic rings. The number of hydrogen-bond donors (Lipinski definition) is 4. The maximum Gasteiger partial charge on any atom is 0.407 e. The molecule has 3 heterocycles. The summed E-state index contributed by atoms with van der Waals surface area (Å²) < 4.78 is 4.94. The van der Waals surface area contributed by atoms with Gasteiger partial charge in [0.1, 0.15) is 6.04 Å². The average molecular weight is 486 g/mol. The Kier molecular flexibility index (Phi) is 9.81. The van der Waals surface area contributed by atoms with Crippen LogP contribution in [0.25, 0.3) is 0 Å². The fourth-order valence-corrected chi connectivity index (χ4v) is 5.71. The molecule has 0 aliphatic carbocycles. The number of aliphatic carboxylic acids is 2. The molecule has 174 valence electrons. The van der Waals surface area contributed by atoms with Gasteiger partial charge in [-0.3, -0.25) is 14.7 Å². The summed E-state index contributed by atoms with van der Waals surface area (Å²) in [6.07, 6.45) is 2.86. The van der Waals surface area contributed by atoms with Crippen molar-refractivity contribution < 1.29 is 39.2 Å². The fourth-order valence-electron chi connectivity index (χ4n) is 2.82. The summed E-state index contributed by atoms with van der Waals surface area (Å²) in [5.41, 5.74) is -0.190. The summed E-state index contributed by atoms with van der Waals surface area (Å²) in [5, 5.41) is 29.4. The van der Waals surface area contributed by atoms with Crippen molar-refractivity contribution in [3.63, 3.8) is 0 Å². The van der Waals surface area contributed by atoms with Gasteiger partial charge in [0.05, 0.1) is 22.1 Å². The van der Waals surface area contributed by atoms with Gasteiger partial charge in [-0.15, -0.1) is 11.8 Å². The second-order valence-corrected chi connectivity index (χ2v) is 8.78. The van der Waals surface area contributed by atoms with Crippen LogP contribution in [-0.4, -0.2) is 79.5 Å². The highest BCUT2D eigenvalue weighted by molar-refractivity contribution is 8.22. The zero-order valence-electron chi connectivity index (χ0n) is 17.0. The van der Waals surface area contributed by atoms with E-state index in [9.17, 15) is 29.4 Å². The zero-order chi connectivity index (χ0) is 23.7. The number of rotatable bonds is 9. The standard InChI is InChI=1S/C14H18N2O8S2.C5H5N/c1-2-24-14(23)15-7(11(19)20)5-25-13-8(12(21)22)16-9(18)6(3-4-17)10(16)26-13;1-2-4-6-5-3-1/h6-7,10,17H,2-5H2,1H3,(H,15,23)(H,19,20)(H,21,22);1-5H/t6-,7-,10+;/m0./s1. The molecule has 1 fully saturated rings. The van der Waals surface area contributed by atoms with Crippen LogP contribution in [0.1, 0.15) is 13.3 Å². The molecule has 0 unspecified atom stereocenters. The van der Waals surface area contributed by atoms with Crippen LogP contribution in [0, 0.1) is 5.92 Å². The van der Waals surface area contributed by atoms with Crippen LogP contribution in [0.3, 0.4) is 0 Å². The summed E-state index contributed by atoms with van der Waals surface area (Å²) in [6, 6.07) is 4.44.